The number of hydrogen-bond donors (Lipinski definition) is 1. The summed E-state index contributed by atoms with van der Waals surface area (Å²) in [6.45, 7) is -0.817. The molecule has 0 bridgehead atoms. The number of benzene rings is 1. The lowest BCUT2D eigenvalue weighted by Gasteiger charge is -2.30. The fourth-order valence-corrected chi connectivity index (χ4v) is 5.97. The molecule has 0 atom stereocenters. The van der Waals surface area contributed by atoms with Crippen LogP contribution < -0.4 is 5.32 Å². The molecule has 15 heteroatoms. The third kappa shape index (κ3) is 6.10. The molecule has 1 aromatic carbocycles. The van der Waals surface area contributed by atoms with E-state index in [2.05, 4.69) is 15.3 Å². The first-order valence-corrected chi connectivity index (χ1v) is 13.4. The largest absolute Gasteiger partial charge is 0.420 e. The van der Waals surface area contributed by atoms with E-state index in [1.165, 1.54) is 16.3 Å². The molecule has 0 unspecified atom stereocenters. The van der Waals surface area contributed by atoms with Gasteiger partial charge in [0.05, 0.1) is 32.7 Å². The van der Waals surface area contributed by atoms with Crippen LogP contribution in [0, 0.1) is 0 Å². The van der Waals surface area contributed by atoms with Gasteiger partial charge in [-0.15, -0.1) is 11.3 Å². The van der Waals surface area contributed by atoms with E-state index in [-0.39, 0.29) is 39.5 Å². The monoisotopic (exact) mass is 570 g/mol. The lowest BCUT2D eigenvalue weighted by Crippen LogP contribution is -2.38. The van der Waals surface area contributed by atoms with Crippen LogP contribution in [0.5, 0.6) is 0 Å². The molecule has 0 fully saturated rings. The fourth-order valence-electron chi connectivity index (χ4n) is 3.72. The summed E-state index contributed by atoms with van der Waals surface area (Å²) in [6, 6.07) is 4.22. The molecule has 0 aliphatic carbocycles. The third-order valence-corrected chi connectivity index (χ3v) is 7.85. The van der Waals surface area contributed by atoms with Crippen molar-refractivity contribution >= 4 is 44.4 Å². The van der Waals surface area contributed by atoms with Gasteiger partial charge >= 0.3 is 12.4 Å². The molecule has 0 radical (unpaired) electrons. The quantitative estimate of drug-likeness (QED) is 0.383. The Morgan fingerprint density at radius 3 is 2.47 bits per heavy atom. The molecule has 2 aromatic heterocycles. The summed E-state index contributed by atoms with van der Waals surface area (Å²) in [6.07, 6.45) is -7.28. The maximum Gasteiger partial charge on any atom is 0.420 e. The van der Waals surface area contributed by atoms with Gasteiger partial charge in [0, 0.05) is 30.9 Å². The van der Waals surface area contributed by atoms with Crippen LogP contribution in [0.3, 0.4) is 0 Å². The van der Waals surface area contributed by atoms with E-state index in [9.17, 15) is 34.8 Å². The van der Waals surface area contributed by atoms with Crippen molar-refractivity contribution in [3.8, 4) is 10.6 Å². The van der Waals surface area contributed by atoms with Crippen LogP contribution in [-0.2, 0) is 29.0 Å². The summed E-state index contributed by atoms with van der Waals surface area (Å²) in [5.41, 5.74) is -0.0214. The van der Waals surface area contributed by atoms with E-state index >= 15 is 0 Å². The van der Waals surface area contributed by atoms with Gasteiger partial charge in [-0.25, -0.2) is 18.4 Å². The molecule has 0 saturated heterocycles. The van der Waals surface area contributed by atoms with E-state index < -0.39 is 40.0 Å². The van der Waals surface area contributed by atoms with Crippen molar-refractivity contribution < 1.29 is 34.8 Å². The highest BCUT2D eigenvalue weighted by Gasteiger charge is 2.36. The molecule has 4 rings (SSSR count). The predicted molar refractivity (Wildman–Crippen MR) is 123 cm³/mol. The highest BCUT2D eigenvalue weighted by atomic mass is 35.5. The van der Waals surface area contributed by atoms with Crippen molar-refractivity contribution in [3.63, 3.8) is 0 Å². The molecule has 0 saturated carbocycles. The Balaban J connectivity index is 1.65. The summed E-state index contributed by atoms with van der Waals surface area (Å²) in [7, 11) is -3.64. The molecule has 1 N–H and O–H groups in total. The molecule has 36 heavy (non-hydrogen) atoms. The average Bonchev–Trinajstić information content (AvgIpc) is 3.23. The van der Waals surface area contributed by atoms with Crippen LogP contribution in [0.25, 0.3) is 10.6 Å². The van der Waals surface area contributed by atoms with Gasteiger partial charge in [-0.1, -0.05) is 11.6 Å². The second-order valence-corrected chi connectivity index (χ2v) is 11.5. The number of sulfone groups is 1. The second kappa shape index (κ2) is 9.47. The van der Waals surface area contributed by atoms with E-state index in [1.807, 2.05) is 0 Å². The summed E-state index contributed by atoms with van der Waals surface area (Å²) in [5.74, 6) is -0.219. The molecule has 6 nitrogen and oxygen atoms in total. The SMILES string of the molecule is CS(=O)(=O)c1csc(-c2nc(Nc3cc4c(cc3Cl)CN(CC(F)(F)F)CC4)ncc2C(F)(F)F)c1. The van der Waals surface area contributed by atoms with Crippen molar-refractivity contribution in [3.05, 3.63) is 51.5 Å². The molecule has 0 amide bonds. The van der Waals surface area contributed by atoms with Crippen molar-refractivity contribution in [2.45, 2.75) is 30.2 Å². The number of rotatable bonds is 5. The molecule has 3 aromatic rings. The fraction of sp³-hybridized carbons (Fsp3) is 0.333. The Morgan fingerprint density at radius 2 is 1.86 bits per heavy atom. The van der Waals surface area contributed by atoms with Crippen LogP contribution in [0.2, 0.25) is 5.02 Å². The Hall–Kier alpha value is -2.42. The van der Waals surface area contributed by atoms with Gasteiger partial charge in [0.2, 0.25) is 5.95 Å². The smallest absolute Gasteiger partial charge is 0.323 e. The van der Waals surface area contributed by atoms with Gasteiger partial charge < -0.3 is 5.32 Å². The van der Waals surface area contributed by atoms with E-state index in [0.717, 1.165) is 29.2 Å². The van der Waals surface area contributed by atoms with Crippen molar-refractivity contribution in [1.29, 1.82) is 0 Å². The molecule has 0 spiro atoms. The number of aromatic nitrogens is 2. The molecule has 1 aliphatic heterocycles. The van der Waals surface area contributed by atoms with Crippen molar-refractivity contribution in [1.82, 2.24) is 14.9 Å². The number of fused-ring (bicyclic) bond motifs is 1. The van der Waals surface area contributed by atoms with Crippen LogP contribution in [0.15, 0.2) is 34.7 Å². The standard InChI is InChI=1S/C21H17ClF6N4O2S2/c1-36(33,34)13-6-17(35-9-13)18-14(21(26,27)28)7-29-19(31-18)30-16-5-11-2-3-32(10-20(23,24)25)8-12(11)4-15(16)22/h4-7,9H,2-3,8,10H2,1H3,(H,29,30,31). The number of hydrogen-bond acceptors (Lipinski definition) is 7. The average molecular weight is 571 g/mol. The molecule has 194 valence electrons. The predicted octanol–water partition coefficient (Wildman–Crippen LogP) is 5.94. The minimum Gasteiger partial charge on any atom is -0.323 e. The maximum atomic E-state index is 13.6. The van der Waals surface area contributed by atoms with Gasteiger partial charge in [0.1, 0.15) is 5.56 Å². The highest BCUT2D eigenvalue weighted by molar-refractivity contribution is 7.90. The highest BCUT2D eigenvalue weighted by Crippen LogP contribution is 2.40. The maximum absolute atomic E-state index is 13.6. The number of thiophene rings is 1. The van der Waals surface area contributed by atoms with Gasteiger partial charge in [0.15, 0.2) is 9.84 Å². The van der Waals surface area contributed by atoms with Crippen LogP contribution in [0.1, 0.15) is 16.7 Å². The molecule has 1 aliphatic rings. The second-order valence-electron chi connectivity index (χ2n) is 8.17. The van der Waals surface area contributed by atoms with Gasteiger partial charge in [0.25, 0.3) is 0 Å². The third-order valence-electron chi connectivity index (χ3n) is 5.36. The molecular formula is C21H17ClF6N4O2S2. The Morgan fingerprint density at radius 1 is 1.14 bits per heavy atom. The summed E-state index contributed by atoms with van der Waals surface area (Å²) >= 11 is 7.10. The van der Waals surface area contributed by atoms with Crippen molar-refractivity contribution in [2.75, 3.05) is 24.7 Å². The zero-order valence-electron chi connectivity index (χ0n) is 18.3. The van der Waals surface area contributed by atoms with Gasteiger partial charge in [-0.05, 0) is 35.7 Å². The Kier molecular flexibility index (Phi) is 7.01. The minimum atomic E-state index is -4.80. The topological polar surface area (TPSA) is 75.2 Å². The van der Waals surface area contributed by atoms with Gasteiger partial charge in [-0.3, -0.25) is 4.90 Å². The lowest BCUT2D eigenvalue weighted by molar-refractivity contribution is -0.147. The first kappa shape index (κ1) is 26.6. The lowest BCUT2D eigenvalue weighted by atomic mass is 9.99. The van der Waals surface area contributed by atoms with Crippen LogP contribution in [-0.4, -0.2) is 48.8 Å². The molecule has 3 heterocycles. The Bertz CT molecular complexity index is 1410. The number of alkyl halides is 6. The number of anilines is 2. The van der Waals surface area contributed by atoms with E-state index in [0.29, 0.717) is 18.2 Å². The summed E-state index contributed by atoms with van der Waals surface area (Å²) in [5, 5.41) is 4.12. The first-order valence-electron chi connectivity index (χ1n) is 10.2. The minimum absolute atomic E-state index is 0.0190. The van der Waals surface area contributed by atoms with Crippen LogP contribution >= 0.6 is 22.9 Å². The van der Waals surface area contributed by atoms with Crippen LogP contribution in [0.4, 0.5) is 38.0 Å². The zero-order valence-corrected chi connectivity index (χ0v) is 20.7. The van der Waals surface area contributed by atoms with E-state index in [1.54, 1.807) is 6.07 Å². The number of nitrogens with one attached hydrogen (secondary N) is 1. The number of nitrogens with zero attached hydrogens (tertiary/aromatic N) is 3. The molecular weight excluding hydrogens is 554 g/mol. The number of halogens is 7. The van der Waals surface area contributed by atoms with Crippen molar-refractivity contribution in [2.24, 2.45) is 0 Å². The Labute approximate surface area is 210 Å². The van der Waals surface area contributed by atoms with E-state index in [4.69, 9.17) is 11.6 Å². The first-order chi connectivity index (χ1) is 16.6. The van der Waals surface area contributed by atoms with Gasteiger partial charge in [-0.2, -0.15) is 26.3 Å². The zero-order chi connectivity index (χ0) is 26.5. The summed E-state index contributed by atoms with van der Waals surface area (Å²) in [4.78, 5) is 8.82. The summed E-state index contributed by atoms with van der Waals surface area (Å²) < 4.78 is 103. The normalized spacial score (nSPS) is 15.1.